The lowest BCUT2D eigenvalue weighted by Crippen LogP contribution is -1.53. The lowest BCUT2D eigenvalue weighted by atomic mass is 10.7. The maximum atomic E-state index is 5.45. The highest BCUT2D eigenvalue weighted by molar-refractivity contribution is 14.1. The molecule has 0 spiro atoms. The summed E-state index contributed by atoms with van der Waals surface area (Å²) in [6, 6.07) is 1.81. The SMILES string of the molecule is Clc1occc1I. The lowest BCUT2D eigenvalue weighted by Gasteiger charge is -1.73. The molecule has 7 heavy (non-hydrogen) atoms. The second-order valence-electron chi connectivity index (χ2n) is 1.04. The van der Waals surface area contributed by atoms with E-state index in [9.17, 15) is 0 Å². The monoisotopic (exact) mass is 228 g/mol. The van der Waals surface area contributed by atoms with E-state index in [-0.39, 0.29) is 0 Å². The normalized spacial score (nSPS) is 9.43. The standard InChI is InChI=1S/C4H2ClIO/c5-4-3(6)1-2-7-4/h1-2H. The number of halogens is 2. The van der Waals surface area contributed by atoms with Crippen molar-refractivity contribution in [3.05, 3.63) is 21.1 Å². The van der Waals surface area contributed by atoms with Crippen molar-refractivity contribution in [1.82, 2.24) is 0 Å². The third-order valence-electron chi connectivity index (χ3n) is 0.574. The Labute approximate surface area is 59.8 Å². The van der Waals surface area contributed by atoms with E-state index in [1.807, 2.05) is 6.07 Å². The molecule has 0 atom stereocenters. The number of hydrogen-bond donors (Lipinski definition) is 0. The van der Waals surface area contributed by atoms with Crippen molar-refractivity contribution in [3.63, 3.8) is 0 Å². The van der Waals surface area contributed by atoms with Crippen LogP contribution in [0.4, 0.5) is 0 Å². The van der Waals surface area contributed by atoms with Gasteiger partial charge in [0.1, 0.15) is 0 Å². The first-order valence-corrected chi connectivity index (χ1v) is 3.15. The van der Waals surface area contributed by atoms with Crippen LogP contribution in [0.3, 0.4) is 0 Å². The van der Waals surface area contributed by atoms with Gasteiger partial charge in [-0.15, -0.1) is 0 Å². The van der Waals surface area contributed by atoms with Crippen LogP contribution < -0.4 is 0 Å². The van der Waals surface area contributed by atoms with E-state index in [1.165, 1.54) is 0 Å². The molecule has 0 fully saturated rings. The second-order valence-corrected chi connectivity index (χ2v) is 2.55. The van der Waals surface area contributed by atoms with Crippen LogP contribution in [0.1, 0.15) is 0 Å². The molecule has 0 saturated carbocycles. The number of rotatable bonds is 0. The van der Waals surface area contributed by atoms with Gasteiger partial charge in [0.05, 0.1) is 9.83 Å². The van der Waals surface area contributed by atoms with Gasteiger partial charge >= 0.3 is 0 Å². The van der Waals surface area contributed by atoms with E-state index in [2.05, 4.69) is 22.6 Å². The third-order valence-corrected chi connectivity index (χ3v) is 2.03. The zero-order valence-corrected chi connectivity index (χ0v) is 6.23. The van der Waals surface area contributed by atoms with Crippen molar-refractivity contribution in [2.45, 2.75) is 0 Å². The first-order valence-electron chi connectivity index (χ1n) is 1.69. The van der Waals surface area contributed by atoms with Crippen molar-refractivity contribution in [2.24, 2.45) is 0 Å². The summed E-state index contributed by atoms with van der Waals surface area (Å²) in [6.07, 6.45) is 1.56. The minimum Gasteiger partial charge on any atom is -0.452 e. The summed E-state index contributed by atoms with van der Waals surface area (Å²) < 4.78 is 5.68. The average molecular weight is 228 g/mol. The van der Waals surface area contributed by atoms with Gasteiger partial charge in [-0.2, -0.15) is 0 Å². The van der Waals surface area contributed by atoms with Gasteiger partial charge in [-0.25, -0.2) is 0 Å². The molecule has 1 rings (SSSR count). The molecule has 0 aliphatic heterocycles. The Bertz CT molecular complexity index is 144. The van der Waals surface area contributed by atoms with E-state index in [0.717, 1.165) is 3.57 Å². The molecule has 0 aromatic carbocycles. The van der Waals surface area contributed by atoms with E-state index in [1.54, 1.807) is 6.26 Å². The predicted octanol–water partition coefficient (Wildman–Crippen LogP) is 2.54. The molecule has 0 amide bonds. The first kappa shape index (κ1) is 5.44. The Morgan fingerprint density at radius 1 is 1.71 bits per heavy atom. The van der Waals surface area contributed by atoms with Crippen LogP contribution in [0.15, 0.2) is 16.7 Å². The van der Waals surface area contributed by atoms with Gasteiger partial charge in [0.25, 0.3) is 0 Å². The van der Waals surface area contributed by atoms with Crippen molar-refractivity contribution in [3.8, 4) is 0 Å². The molecule has 38 valence electrons. The van der Waals surface area contributed by atoms with Crippen LogP contribution in [-0.4, -0.2) is 0 Å². The first-order chi connectivity index (χ1) is 3.30. The topological polar surface area (TPSA) is 13.1 Å². The van der Waals surface area contributed by atoms with Crippen molar-refractivity contribution in [2.75, 3.05) is 0 Å². The summed E-state index contributed by atoms with van der Waals surface area (Å²) in [4.78, 5) is 0. The summed E-state index contributed by atoms with van der Waals surface area (Å²) in [5.74, 6) is 0. The average Bonchev–Trinajstić information content (AvgIpc) is 1.91. The van der Waals surface area contributed by atoms with Gasteiger partial charge in [0.2, 0.25) is 5.22 Å². The fourth-order valence-corrected chi connectivity index (χ4v) is 0.664. The van der Waals surface area contributed by atoms with Crippen LogP contribution >= 0.6 is 34.2 Å². The third kappa shape index (κ3) is 1.10. The van der Waals surface area contributed by atoms with Crippen LogP contribution in [0, 0.1) is 3.57 Å². The minimum atomic E-state index is 0.473. The molecule has 0 radical (unpaired) electrons. The molecular formula is C4H2ClIO. The molecular weight excluding hydrogens is 226 g/mol. The molecule has 1 heterocycles. The fraction of sp³-hybridized carbons (Fsp3) is 0. The Morgan fingerprint density at radius 3 is 2.57 bits per heavy atom. The Hall–Kier alpha value is 0.300. The molecule has 3 heteroatoms. The van der Waals surface area contributed by atoms with Gasteiger partial charge in [-0.05, 0) is 40.3 Å². The van der Waals surface area contributed by atoms with Crippen molar-refractivity contribution in [1.29, 1.82) is 0 Å². The van der Waals surface area contributed by atoms with E-state index >= 15 is 0 Å². The maximum Gasteiger partial charge on any atom is 0.206 e. The molecule has 1 nitrogen and oxygen atoms in total. The minimum absolute atomic E-state index is 0.473. The smallest absolute Gasteiger partial charge is 0.206 e. The Balaban J connectivity index is 3.12. The zero-order chi connectivity index (χ0) is 5.28. The maximum absolute atomic E-state index is 5.45. The molecule has 0 unspecified atom stereocenters. The molecule has 1 aromatic rings. The largest absolute Gasteiger partial charge is 0.452 e. The predicted molar refractivity (Wildman–Crippen MR) is 36.4 cm³/mol. The van der Waals surface area contributed by atoms with E-state index < -0.39 is 0 Å². The van der Waals surface area contributed by atoms with Crippen molar-refractivity contribution >= 4 is 34.2 Å². The Kier molecular flexibility index (Phi) is 1.59. The highest BCUT2D eigenvalue weighted by Gasteiger charge is 1.94. The molecule has 0 aliphatic carbocycles. The number of furan rings is 1. The van der Waals surface area contributed by atoms with Crippen LogP contribution in [-0.2, 0) is 0 Å². The van der Waals surface area contributed by atoms with E-state index in [0.29, 0.717) is 5.22 Å². The van der Waals surface area contributed by atoms with Gasteiger partial charge in [0, 0.05) is 0 Å². The lowest BCUT2D eigenvalue weighted by molar-refractivity contribution is 0.568. The summed E-state index contributed by atoms with van der Waals surface area (Å²) in [5.41, 5.74) is 0. The van der Waals surface area contributed by atoms with Gasteiger partial charge in [-0.3, -0.25) is 0 Å². The van der Waals surface area contributed by atoms with Gasteiger partial charge in [0.15, 0.2) is 0 Å². The quantitative estimate of drug-likeness (QED) is 0.622. The molecule has 1 aromatic heterocycles. The summed E-state index contributed by atoms with van der Waals surface area (Å²) in [7, 11) is 0. The van der Waals surface area contributed by atoms with Crippen LogP contribution in [0.5, 0.6) is 0 Å². The second kappa shape index (κ2) is 2.05. The zero-order valence-electron chi connectivity index (χ0n) is 3.32. The van der Waals surface area contributed by atoms with Crippen LogP contribution in [0.2, 0.25) is 5.22 Å². The summed E-state index contributed by atoms with van der Waals surface area (Å²) in [6.45, 7) is 0. The molecule has 0 aliphatic rings. The van der Waals surface area contributed by atoms with Gasteiger partial charge < -0.3 is 4.42 Å². The number of hydrogen-bond acceptors (Lipinski definition) is 1. The van der Waals surface area contributed by atoms with Crippen molar-refractivity contribution < 1.29 is 4.42 Å². The van der Waals surface area contributed by atoms with Gasteiger partial charge in [-0.1, -0.05) is 0 Å². The Morgan fingerprint density at radius 2 is 2.43 bits per heavy atom. The molecule has 0 N–H and O–H groups in total. The summed E-state index contributed by atoms with van der Waals surface area (Å²) >= 11 is 7.54. The van der Waals surface area contributed by atoms with E-state index in [4.69, 9.17) is 16.0 Å². The highest BCUT2D eigenvalue weighted by Crippen LogP contribution is 2.17. The molecule has 0 saturated heterocycles. The molecule has 0 bridgehead atoms. The fourth-order valence-electron chi connectivity index (χ4n) is 0.275. The van der Waals surface area contributed by atoms with Crippen LogP contribution in [0.25, 0.3) is 0 Å². The summed E-state index contributed by atoms with van der Waals surface area (Å²) in [5, 5.41) is 0.473. The highest BCUT2D eigenvalue weighted by atomic mass is 127.